The van der Waals surface area contributed by atoms with E-state index in [0.29, 0.717) is 24.3 Å². The molecule has 0 aromatic heterocycles. The quantitative estimate of drug-likeness (QED) is 0.675. The molecule has 4 N–H and O–H groups in total. The van der Waals surface area contributed by atoms with E-state index in [9.17, 15) is 9.59 Å². The predicted octanol–water partition coefficient (Wildman–Crippen LogP) is 1.22. The fourth-order valence-corrected chi connectivity index (χ4v) is 1.53. The smallest absolute Gasteiger partial charge is 0.251 e. The standard InChI is InChI=1S/C14H21N3O2/c1-3-7-16-13(18)6-8-17-14(19)11-5-4-10(2)12(15)9-11/h4-5,9H,3,6-8,15H2,1-2H3,(H,16,18)(H,17,19). The normalized spacial score (nSPS) is 10.0. The SMILES string of the molecule is CCCNC(=O)CCNC(=O)c1ccc(C)c(N)c1. The maximum Gasteiger partial charge on any atom is 0.251 e. The van der Waals surface area contributed by atoms with Crippen molar-refractivity contribution in [2.24, 2.45) is 0 Å². The lowest BCUT2D eigenvalue weighted by molar-refractivity contribution is -0.120. The lowest BCUT2D eigenvalue weighted by Gasteiger charge is -2.07. The Balaban J connectivity index is 2.39. The molecule has 0 aliphatic carbocycles. The van der Waals surface area contributed by atoms with Crippen LogP contribution in [-0.2, 0) is 4.79 Å². The number of carbonyl (C=O) groups excluding carboxylic acids is 2. The number of hydrogen-bond donors (Lipinski definition) is 3. The highest BCUT2D eigenvalue weighted by Gasteiger charge is 2.07. The molecule has 0 fully saturated rings. The largest absolute Gasteiger partial charge is 0.398 e. The van der Waals surface area contributed by atoms with Crippen molar-refractivity contribution in [1.29, 1.82) is 0 Å². The van der Waals surface area contributed by atoms with Gasteiger partial charge in [-0.05, 0) is 31.0 Å². The Kier molecular flexibility index (Phi) is 5.85. The molecule has 19 heavy (non-hydrogen) atoms. The van der Waals surface area contributed by atoms with Gasteiger partial charge in [-0.15, -0.1) is 0 Å². The zero-order valence-corrected chi connectivity index (χ0v) is 11.5. The van der Waals surface area contributed by atoms with E-state index in [0.717, 1.165) is 12.0 Å². The van der Waals surface area contributed by atoms with E-state index in [1.54, 1.807) is 18.2 Å². The number of carbonyl (C=O) groups is 2. The first-order chi connectivity index (χ1) is 9.04. The number of amides is 2. The average molecular weight is 263 g/mol. The fourth-order valence-electron chi connectivity index (χ4n) is 1.53. The molecule has 0 unspecified atom stereocenters. The number of anilines is 1. The number of rotatable bonds is 6. The summed E-state index contributed by atoms with van der Waals surface area (Å²) < 4.78 is 0. The van der Waals surface area contributed by atoms with Gasteiger partial charge in [0.15, 0.2) is 0 Å². The summed E-state index contributed by atoms with van der Waals surface area (Å²) in [4.78, 5) is 23.1. The van der Waals surface area contributed by atoms with Crippen molar-refractivity contribution in [3.63, 3.8) is 0 Å². The molecule has 5 nitrogen and oxygen atoms in total. The second kappa shape index (κ2) is 7.41. The van der Waals surface area contributed by atoms with Gasteiger partial charge >= 0.3 is 0 Å². The summed E-state index contributed by atoms with van der Waals surface area (Å²) in [7, 11) is 0. The number of nitrogen functional groups attached to an aromatic ring is 1. The van der Waals surface area contributed by atoms with Crippen molar-refractivity contribution >= 4 is 17.5 Å². The molecule has 5 heteroatoms. The minimum absolute atomic E-state index is 0.0504. The van der Waals surface area contributed by atoms with Gasteiger partial charge in [0.05, 0.1) is 0 Å². The number of aryl methyl sites for hydroxylation is 1. The van der Waals surface area contributed by atoms with Crippen LogP contribution in [0.2, 0.25) is 0 Å². The monoisotopic (exact) mass is 263 g/mol. The highest BCUT2D eigenvalue weighted by molar-refractivity contribution is 5.95. The van der Waals surface area contributed by atoms with E-state index in [1.807, 2.05) is 13.8 Å². The average Bonchev–Trinajstić information content (AvgIpc) is 2.39. The third-order valence-corrected chi connectivity index (χ3v) is 2.75. The van der Waals surface area contributed by atoms with Gasteiger partial charge in [0, 0.05) is 30.8 Å². The van der Waals surface area contributed by atoms with Gasteiger partial charge in [0.25, 0.3) is 5.91 Å². The maximum atomic E-state index is 11.8. The van der Waals surface area contributed by atoms with Crippen LogP contribution in [0, 0.1) is 6.92 Å². The minimum atomic E-state index is -0.213. The minimum Gasteiger partial charge on any atom is -0.398 e. The van der Waals surface area contributed by atoms with Crippen molar-refractivity contribution < 1.29 is 9.59 Å². The molecule has 0 aliphatic rings. The van der Waals surface area contributed by atoms with Gasteiger partial charge in [0.2, 0.25) is 5.91 Å². The second-order valence-electron chi connectivity index (χ2n) is 4.43. The van der Waals surface area contributed by atoms with Crippen LogP contribution in [0.5, 0.6) is 0 Å². The Bertz CT molecular complexity index is 458. The van der Waals surface area contributed by atoms with E-state index in [1.165, 1.54) is 0 Å². The van der Waals surface area contributed by atoms with Crippen LogP contribution < -0.4 is 16.4 Å². The topological polar surface area (TPSA) is 84.2 Å². The summed E-state index contributed by atoms with van der Waals surface area (Å²) >= 11 is 0. The van der Waals surface area contributed by atoms with E-state index in [2.05, 4.69) is 10.6 Å². The van der Waals surface area contributed by atoms with Gasteiger partial charge in [-0.3, -0.25) is 9.59 Å². The van der Waals surface area contributed by atoms with Crippen LogP contribution >= 0.6 is 0 Å². The first-order valence-electron chi connectivity index (χ1n) is 6.45. The number of benzene rings is 1. The Morgan fingerprint density at radius 2 is 1.95 bits per heavy atom. The van der Waals surface area contributed by atoms with Crippen LogP contribution in [0.15, 0.2) is 18.2 Å². The van der Waals surface area contributed by atoms with E-state index >= 15 is 0 Å². The summed E-state index contributed by atoms with van der Waals surface area (Å²) in [5.74, 6) is -0.263. The van der Waals surface area contributed by atoms with Crippen LogP contribution in [0.25, 0.3) is 0 Å². The summed E-state index contributed by atoms with van der Waals surface area (Å²) in [5, 5.41) is 5.45. The molecule has 0 spiro atoms. The van der Waals surface area contributed by atoms with Crippen molar-refractivity contribution in [3.05, 3.63) is 29.3 Å². The molecule has 0 saturated heterocycles. The highest BCUT2D eigenvalue weighted by Crippen LogP contribution is 2.12. The summed E-state index contributed by atoms with van der Waals surface area (Å²) in [6, 6.07) is 5.16. The van der Waals surface area contributed by atoms with Crippen molar-refractivity contribution in [2.75, 3.05) is 18.8 Å². The van der Waals surface area contributed by atoms with E-state index in [-0.39, 0.29) is 18.2 Å². The third-order valence-electron chi connectivity index (χ3n) is 2.75. The molecule has 0 heterocycles. The van der Waals surface area contributed by atoms with Crippen LogP contribution in [0.4, 0.5) is 5.69 Å². The van der Waals surface area contributed by atoms with Crippen LogP contribution in [0.3, 0.4) is 0 Å². The zero-order chi connectivity index (χ0) is 14.3. The fraction of sp³-hybridized carbons (Fsp3) is 0.429. The van der Waals surface area contributed by atoms with E-state index in [4.69, 9.17) is 5.73 Å². The highest BCUT2D eigenvalue weighted by atomic mass is 16.2. The number of nitrogens with two attached hydrogens (primary N) is 1. The van der Waals surface area contributed by atoms with Gasteiger partial charge in [-0.2, -0.15) is 0 Å². The number of hydrogen-bond acceptors (Lipinski definition) is 3. The van der Waals surface area contributed by atoms with E-state index < -0.39 is 0 Å². The molecule has 0 radical (unpaired) electrons. The predicted molar refractivity (Wildman–Crippen MR) is 75.8 cm³/mol. The van der Waals surface area contributed by atoms with Crippen LogP contribution in [-0.4, -0.2) is 24.9 Å². The Morgan fingerprint density at radius 3 is 2.58 bits per heavy atom. The lowest BCUT2D eigenvalue weighted by Crippen LogP contribution is -2.31. The first kappa shape index (κ1) is 15.0. The first-order valence-corrected chi connectivity index (χ1v) is 6.45. The van der Waals surface area contributed by atoms with Gasteiger partial charge in [-0.25, -0.2) is 0 Å². The van der Waals surface area contributed by atoms with Gasteiger partial charge < -0.3 is 16.4 Å². The Labute approximate surface area is 113 Å². The maximum absolute atomic E-state index is 11.8. The molecule has 0 saturated carbocycles. The molecule has 1 rings (SSSR count). The summed E-state index contributed by atoms with van der Waals surface area (Å²) in [6.07, 6.45) is 1.19. The zero-order valence-electron chi connectivity index (χ0n) is 11.5. The molecule has 2 amide bonds. The van der Waals surface area contributed by atoms with Crippen molar-refractivity contribution in [1.82, 2.24) is 10.6 Å². The van der Waals surface area contributed by atoms with Crippen molar-refractivity contribution in [3.8, 4) is 0 Å². The molecular weight excluding hydrogens is 242 g/mol. The molecule has 0 aliphatic heterocycles. The van der Waals surface area contributed by atoms with Crippen LogP contribution in [0.1, 0.15) is 35.7 Å². The second-order valence-corrected chi connectivity index (χ2v) is 4.43. The molecular formula is C14H21N3O2. The molecule has 1 aromatic carbocycles. The molecule has 104 valence electrons. The van der Waals surface area contributed by atoms with Gasteiger partial charge in [0.1, 0.15) is 0 Å². The number of nitrogens with one attached hydrogen (secondary N) is 2. The molecule has 1 aromatic rings. The Morgan fingerprint density at radius 1 is 1.21 bits per heavy atom. The van der Waals surface area contributed by atoms with Gasteiger partial charge in [-0.1, -0.05) is 13.0 Å². The Hall–Kier alpha value is -2.04. The lowest BCUT2D eigenvalue weighted by atomic mass is 10.1. The molecule has 0 atom stereocenters. The summed E-state index contributed by atoms with van der Waals surface area (Å²) in [5.41, 5.74) is 7.79. The van der Waals surface area contributed by atoms with Crippen molar-refractivity contribution in [2.45, 2.75) is 26.7 Å². The molecule has 0 bridgehead atoms. The summed E-state index contributed by atoms with van der Waals surface area (Å²) in [6.45, 7) is 4.86. The third kappa shape index (κ3) is 4.99.